The van der Waals surface area contributed by atoms with Gasteiger partial charge in [0, 0.05) is 17.7 Å². The first-order valence-corrected chi connectivity index (χ1v) is 8.65. The molecule has 0 N–H and O–H groups in total. The molecule has 10 heteroatoms. The topological polar surface area (TPSA) is 118 Å². The Hall–Kier alpha value is -2.09. The lowest BCUT2D eigenvalue weighted by atomic mass is 10.2. The van der Waals surface area contributed by atoms with E-state index in [1.54, 1.807) is 13.8 Å². The fraction of sp³-hybridized carbons (Fsp3) is 0.385. The molecule has 1 heterocycles. The van der Waals surface area contributed by atoms with Crippen molar-refractivity contribution in [3.05, 3.63) is 40.3 Å². The molecular weight excluding hydrogens is 325 g/mol. The van der Waals surface area contributed by atoms with Crippen molar-refractivity contribution >= 4 is 13.3 Å². The Bertz CT molecular complexity index is 705. The molecule has 0 amide bonds. The van der Waals surface area contributed by atoms with E-state index >= 15 is 0 Å². The number of hydrogen-bond donors (Lipinski definition) is 0. The Morgan fingerprint density at radius 1 is 1.17 bits per heavy atom. The van der Waals surface area contributed by atoms with Gasteiger partial charge in [-0.15, -0.1) is 10.2 Å². The number of nitrogens with zero attached hydrogens (tertiary/aromatic N) is 3. The predicted molar refractivity (Wildman–Crippen MR) is 81.0 cm³/mol. The molecule has 0 unspecified atom stereocenters. The van der Waals surface area contributed by atoms with Crippen molar-refractivity contribution in [2.24, 2.45) is 0 Å². The highest BCUT2D eigenvalue weighted by molar-refractivity contribution is 7.52. The van der Waals surface area contributed by atoms with E-state index in [4.69, 9.17) is 13.5 Å². The van der Waals surface area contributed by atoms with Gasteiger partial charge in [0.1, 0.15) is 6.16 Å². The highest BCUT2D eigenvalue weighted by Gasteiger charge is 2.27. The van der Waals surface area contributed by atoms with Crippen LogP contribution in [-0.2, 0) is 19.8 Å². The summed E-state index contributed by atoms with van der Waals surface area (Å²) in [4.78, 5) is 10.1. The maximum Gasteiger partial charge on any atom is 0.339 e. The lowest BCUT2D eigenvalue weighted by Crippen LogP contribution is -1.99. The minimum absolute atomic E-state index is 0.0364. The fourth-order valence-corrected chi connectivity index (χ4v) is 3.35. The zero-order valence-electron chi connectivity index (χ0n) is 12.7. The van der Waals surface area contributed by atoms with Crippen LogP contribution in [0.15, 0.2) is 28.7 Å². The summed E-state index contributed by atoms with van der Waals surface area (Å²) in [5, 5.41) is 18.3. The van der Waals surface area contributed by atoms with Crippen LogP contribution in [0.5, 0.6) is 0 Å². The summed E-state index contributed by atoms with van der Waals surface area (Å²) in [5.41, 5.74) is 0.489. The van der Waals surface area contributed by atoms with Gasteiger partial charge in [-0.2, -0.15) is 0 Å². The molecule has 1 aromatic carbocycles. The van der Waals surface area contributed by atoms with Crippen LogP contribution in [-0.4, -0.2) is 28.3 Å². The van der Waals surface area contributed by atoms with Crippen LogP contribution in [0.1, 0.15) is 19.7 Å². The first kappa shape index (κ1) is 17.3. The molecule has 0 aliphatic heterocycles. The first-order valence-electron chi connectivity index (χ1n) is 6.92. The zero-order valence-corrected chi connectivity index (χ0v) is 13.6. The standard InChI is InChI=1S/C13H16N3O6P/c1-3-20-23(19,21-4-2)9-12-14-15-13(22-12)10-5-7-11(8-6-10)16(17)18/h5-8H,3-4,9H2,1-2H3. The van der Waals surface area contributed by atoms with E-state index in [-0.39, 0.29) is 36.8 Å². The second-order valence-electron chi connectivity index (χ2n) is 4.41. The Morgan fingerprint density at radius 2 is 1.78 bits per heavy atom. The van der Waals surface area contributed by atoms with Gasteiger partial charge in [-0.1, -0.05) is 0 Å². The van der Waals surface area contributed by atoms with Gasteiger partial charge in [0.2, 0.25) is 11.8 Å². The Balaban J connectivity index is 2.16. The number of hydrogen-bond acceptors (Lipinski definition) is 8. The van der Waals surface area contributed by atoms with Crippen LogP contribution >= 0.6 is 7.60 Å². The Morgan fingerprint density at radius 3 is 2.30 bits per heavy atom. The molecule has 0 aliphatic rings. The van der Waals surface area contributed by atoms with Gasteiger partial charge >= 0.3 is 7.60 Å². The zero-order chi connectivity index (χ0) is 16.9. The molecule has 23 heavy (non-hydrogen) atoms. The van der Waals surface area contributed by atoms with Crippen molar-refractivity contribution in [2.75, 3.05) is 13.2 Å². The highest BCUT2D eigenvalue weighted by atomic mass is 31.2. The molecule has 0 fully saturated rings. The Kier molecular flexibility index (Phi) is 5.59. The number of nitro groups is 1. The van der Waals surface area contributed by atoms with Gasteiger partial charge in [-0.3, -0.25) is 14.7 Å². The molecule has 0 atom stereocenters. The molecule has 0 saturated carbocycles. The summed E-state index contributed by atoms with van der Waals surface area (Å²) in [6, 6.07) is 5.68. The van der Waals surface area contributed by atoms with E-state index in [0.29, 0.717) is 5.56 Å². The van der Waals surface area contributed by atoms with Gasteiger partial charge in [0.25, 0.3) is 5.69 Å². The van der Waals surface area contributed by atoms with Gasteiger partial charge < -0.3 is 13.5 Å². The smallest absolute Gasteiger partial charge is 0.339 e. The maximum atomic E-state index is 12.4. The quantitative estimate of drug-likeness (QED) is 0.407. The molecule has 124 valence electrons. The summed E-state index contributed by atoms with van der Waals surface area (Å²) in [5.74, 6) is 0.290. The van der Waals surface area contributed by atoms with E-state index in [1.165, 1.54) is 24.3 Å². The average molecular weight is 341 g/mol. The second-order valence-corrected chi connectivity index (χ2v) is 6.46. The van der Waals surface area contributed by atoms with Crippen LogP contribution < -0.4 is 0 Å². The number of benzene rings is 1. The SMILES string of the molecule is CCOP(=O)(Cc1nnc(-c2ccc([N+](=O)[O-])cc2)o1)OCC. The summed E-state index contributed by atoms with van der Waals surface area (Å²) in [6.07, 6.45) is -0.130. The molecular formula is C13H16N3O6P. The lowest BCUT2D eigenvalue weighted by Gasteiger charge is -2.14. The number of non-ortho nitro benzene ring substituents is 1. The van der Waals surface area contributed by atoms with Crippen LogP contribution in [0.25, 0.3) is 11.5 Å². The van der Waals surface area contributed by atoms with E-state index in [2.05, 4.69) is 10.2 Å². The molecule has 9 nitrogen and oxygen atoms in total. The van der Waals surface area contributed by atoms with Crippen molar-refractivity contribution in [3.63, 3.8) is 0 Å². The predicted octanol–water partition coefficient (Wildman–Crippen LogP) is 3.41. The lowest BCUT2D eigenvalue weighted by molar-refractivity contribution is -0.384. The average Bonchev–Trinajstić information content (AvgIpc) is 2.95. The fourth-order valence-electron chi connectivity index (χ4n) is 1.85. The van der Waals surface area contributed by atoms with Crippen LogP contribution in [0.4, 0.5) is 5.69 Å². The molecule has 0 spiro atoms. The maximum absolute atomic E-state index is 12.4. The number of rotatable bonds is 8. The number of nitro benzene ring substituents is 1. The summed E-state index contributed by atoms with van der Waals surface area (Å²) >= 11 is 0. The van der Waals surface area contributed by atoms with Crippen molar-refractivity contribution in [1.82, 2.24) is 10.2 Å². The monoisotopic (exact) mass is 341 g/mol. The summed E-state index contributed by atoms with van der Waals surface area (Å²) in [6.45, 7) is 3.89. The van der Waals surface area contributed by atoms with Crippen LogP contribution in [0, 0.1) is 10.1 Å². The minimum atomic E-state index is -3.33. The Labute approximate surface area is 132 Å². The van der Waals surface area contributed by atoms with Gasteiger partial charge in [0.05, 0.1) is 18.1 Å². The third kappa shape index (κ3) is 4.44. The highest BCUT2D eigenvalue weighted by Crippen LogP contribution is 2.51. The molecule has 2 aromatic rings. The largest absolute Gasteiger partial charge is 0.420 e. The van der Waals surface area contributed by atoms with E-state index in [9.17, 15) is 14.7 Å². The molecule has 1 aromatic heterocycles. The second kappa shape index (κ2) is 7.45. The molecule has 2 rings (SSSR count). The van der Waals surface area contributed by atoms with Gasteiger partial charge in [0.15, 0.2) is 0 Å². The number of aromatic nitrogens is 2. The van der Waals surface area contributed by atoms with Crippen LogP contribution in [0.3, 0.4) is 0 Å². The van der Waals surface area contributed by atoms with Gasteiger partial charge in [-0.05, 0) is 26.0 Å². The first-order chi connectivity index (χ1) is 11.0. The van der Waals surface area contributed by atoms with E-state index < -0.39 is 12.5 Å². The van der Waals surface area contributed by atoms with Crippen molar-refractivity contribution in [3.8, 4) is 11.5 Å². The third-order valence-electron chi connectivity index (χ3n) is 2.77. The minimum Gasteiger partial charge on any atom is -0.420 e. The molecule has 0 radical (unpaired) electrons. The van der Waals surface area contributed by atoms with Gasteiger partial charge in [-0.25, -0.2) is 0 Å². The molecule has 0 saturated heterocycles. The summed E-state index contributed by atoms with van der Waals surface area (Å²) < 4.78 is 28.2. The van der Waals surface area contributed by atoms with Crippen molar-refractivity contribution in [2.45, 2.75) is 20.0 Å². The van der Waals surface area contributed by atoms with Crippen molar-refractivity contribution in [1.29, 1.82) is 0 Å². The molecule has 0 aliphatic carbocycles. The third-order valence-corrected chi connectivity index (χ3v) is 4.73. The van der Waals surface area contributed by atoms with Crippen molar-refractivity contribution < 1.29 is 23.0 Å². The van der Waals surface area contributed by atoms with E-state index in [1.807, 2.05) is 0 Å². The summed E-state index contributed by atoms with van der Waals surface area (Å²) in [7, 11) is -3.33. The molecule has 0 bridgehead atoms. The van der Waals surface area contributed by atoms with E-state index in [0.717, 1.165) is 0 Å². The normalized spacial score (nSPS) is 11.6. The van der Waals surface area contributed by atoms with Crippen LogP contribution in [0.2, 0.25) is 0 Å².